The van der Waals surface area contributed by atoms with Gasteiger partial charge in [0.1, 0.15) is 0 Å². The van der Waals surface area contributed by atoms with Crippen LogP contribution in [0, 0.1) is 5.92 Å². The summed E-state index contributed by atoms with van der Waals surface area (Å²) in [5.41, 5.74) is 6.79. The molecular formula is C11H16BrNO. The van der Waals surface area contributed by atoms with E-state index in [4.69, 9.17) is 10.8 Å². The molecule has 0 fully saturated rings. The van der Waals surface area contributed by atoms with Gasteiger partial charge in [-0.15, -0.1) is 0 Å². The van der Waals surface area contributed by atoms with Crippen LogP contribution in [0.4, 0.5) is 0 Å². The molecule has 1 aromatic carbocycles. The smallest absolute Gasteiger partial charge is 0.0471 e. The van der Waals surface area contributed by atoms with Gasteiger partial charge in [0.25, 0.3) is 0 Å². The Bertz CT molecular complexity index is 274. The summed E-state index contributed by atoms with van der Waals surface area (Å²) >= 11 is 3.43. The second kappa shape index (κ2) is 6.17. The molecule has 0 spiro atoms. The van der Waals surface area contributed by atoms with Crippen LogP contribution >= 0.6 is 15.9 Å². The third-order valence-electron chi connectivity index (χ3n) is 2.32. The summed E-state index contributed by atoms with van der Waals surface area (Å²) < 4.78 is 1.10. The van der Waals surface area contributed by atoms with E-state index < -0.39 is 0 Å². The summed E-state index contributed by atoms with van der Waals surface area (Å²) in [4.78, 5) is 0. The van der Waals surface area contributed by atoms with Crippen molar-refractivity contribution in [3.8, 4) is 0 Å². The lowest BCUT2D eigenvalue weighted by Crippen LogP contribution is -2.18. The van der Waals surface area contributed by atoms with Gasteiger partial charge in [0.05, 0.1) is 0 Å². The summed E-state index contributed by atoms with van der Waals surface area (Å²) in [6.07, 6.45) is 1.92. The van der Waals surface area contributed by atoms with Crippen molar-refractivity contribution in [2.24, 2.45) is 11.7 Å². The molecule has 78 valence electrons. The Morgan fingerprint density at radius 1 is 1.43 bits per heavy atom. The molecule has 0 aliphatic carbocycles. The number of rotatable bonds is 5. The fraction of sp³-hybridized carbons (Fsp3) is 0.455. The van der Waals surface area contributed by atoms with Crippen molar-refractivity contribution in [2.75, 3.05) is 13.2 Å². The van der Waals surface area contributed by atoms with Crippen LogP contribution < -0.4 is 5.73 Å². The molecule has 1 unspecified atom stereocenters. The van der Waals surface area contributed by atoms with Gasteiger partial charge in [0.2, 0.25) is 0 Å². The molecule has 1 aromatic rings. The van der Waals surface area contributed by atoms with E-state index in [2.05, 4.69) is 28.1 Å². The van der Waals surface area contributed by atoms with Crippen molar-refractivity contribution >= 4 is 15.9 Å². The highest BCUT2D eigenvalue weighted by atomic mass is 79.9. The van der Waals surface area contributed by atoms with Gasteiger partial charge in [0.15, 0.2) is 0 Å². The molecule has 0 amide bonds. The molecule has 3 heteroatoms. The quantitative estimate of drug-likeness (QED) is 0.847. The summed E-state index contributed by atoms with van der Waals surface area (Å²) in [6.45, 7) is 0.745. The van der Waals surface area contributed by atoms with Gasteiger partial charge in [-0.05, 0) is 43.0 Å². The van der Waals surface area contributed by atoms with E-state index in [0.717, 1.165) is 17.3 Å². The number of nitrogens with two attached hydrogens (primary N) is 1. The molecule has 0 aliphatic heterocycles. The fourth-order valence-corrected chi connectivity index (χ4v) is 1.79. The number of aryl methyl sites for hydroxylation is 1. The van der Waals surface area contributed by atoms with Gasteiger partial charge in [-0.3, -0.25) is 0 Å². The van der Waals surface area contributed by atoms with E-state index >= 15 is 0 Å². The maximum Gasteiger partial charge on any atom is 0.0471 e. The minimum absolute atomic E-state index is 0.185. The summed E-state index contributed by atoms with van der Waals surface area (Å²) in [6, 6.07) is 8.23. The predicted octanol–water partition coefficient (Wildman–Crippen LogP) is 1.95. The first kappa shape index (κ1) is 11.7. The van der Waals surface area contributed by atoms with E-state index in [1.54, 1.807) is 0 Å². The van der Waals surface area contributed by atoms with E-state index in [9.17, 15) is 0 Å². The Labute approximate surface area is 93.3 Å². The number of benzene rings is 1. The zero-order valence-electron chi connectivity index (χ0n) is 8.12. The Hall–Kier alpha value is -0.380. The fourth-order valence-electron chi connectivity index (χ4n) is 1.35. The summed E-state index contributed by atoms with van der Waals surface area (Å²) in [5.74, 6) is 0.231. The average Bonchev–Trinajstić information content (AvgIpc) is 2.19. The van der Waals surface area contributed by atoms with Crippen LogP contribution in [0.1, 0.15) is 12.0 Å². The third-order valence-corrected chi connectivity index (χ3v) is 2.82. The van der Waals surface area contributed by atoms with E-state index in [0.29, 0.717) is 6.54 Å². The van der Waals surface area contributed by atoms with Crippen LogP contribution in [0.5, 0.6) is 0 Å². The van der Waals surface area contributed by atoms with Crippen molar-refractivity contribution in [1.29, 1.82) is 0 Å². The molecular weight excluding hydrogens is 242 g/mol. The third kappa shape index (κ3) is 3.78. The topological polar surface area (TPSA) is 46.2 Å². The Balaban J connectivity index is 2.44. The minimum Gasteiger partial charge on any atom is -0.396 e. The minimum atomic E-state index is 0.185. The van der Waals surface area contributed by atoms with Gasteiger partial charge in [0, 0.05) is 11.1 Å². The lowest BCUT2D eigenvalue weighted by atomic mass is 10.0. The molecule has 3 N–H and O–H groups in total. The van der Waals surface area contributed by atoms with Crippen LogP contribution in [0.2, 0.25) is 0 Å². The van der Waals surface area contributed by atoms with Crippen LogP contribution in [0.25, 0.3) is 0 Å². The molecule has 2 nitrogen and oxygen atoms in total. The maximum absolute atomic E-state index is 8.97. The van der Waals surface area contributed by atoms with Gasteiger partial charge >= 0.3 is 0 Å². The Morgan fingerprint density at radius 3 is 2.79 bits per heavy atom. The number of aliphatic hydroxyl groups excluding tert-OH is 1. The number of aliphatic hydroxyl groups is 1. The first-order valence-electron chi connectivity index (χ1n) is 4.81. The SMILES string of the molecule is NCC(CO)CCc1cccc(Br)c1. The maximum atomic E-state index is 8.97. The Morgan fingerprint density at radius 2 is 2.21 bits per heavy atom. The summed E-state index contributed by atoms with van der Waals surface area (Å²) in [5, 5.41) is 8.97. The monoisotopic (exact) mass is 257 g/mol. The molecule has 0 aromatic heterocycles. The summed E-state index contributed by atoms with van der Waals surface area (Å²) in [7, 11) is 0. The molecule has 0 saturated heterocycles. The van der Waals surface area contributed by atoms with Crippen molar-refractivity contribution in [3.63, 3.8) is 0 Å². The van der Waals surface area contributed by atoms with Crippen LogP contribution in [-0.2, 0) is 6.42 Å². The van der Waals surface area contributed by atoms with E-state index in [1.165, 1.54) is 5.56 Å². The standard InChI is InChI=1S/C11H16BrNO/c12-11-3-1-2-9(6-11)4-5-10(7-13)8-14/h1-3,6,10,14H,4-5,7-8,13H2. The molecule has 0 radical (unpaired) electrons. The van der Waals surface area contributed by atoms with Crippen LogP contribution in [0.15, 0.2) is 28.7 Å². The van der Waals surface area contributed by atoms with E-state index in [1.807, 2.05) is 12.1 Å². The predicted molar refractivity (Wildman–Crippen MR) is 62.1 cm³/mol. The number of halogens is 1. The molecule has 0 heterocycles. The molecule has 1 atom stereocenters. The van der Waals surface area contributed by atoms with Gasteiger partial charge in [-0.2, -0.15) is 0 Å². The second-order valence-electron chi connectivity index (χ2n) is 3.45. The highest BCUT2D eigenvalue weighted by molar-refractivity contribution is 9.10. The zero-order chi connectivity index (χ0) is 10.4. The van der Waals surface area contributed by atoms with Crippen LogP contribution in [0.3, 0.4) is 0 Å². The van der Waals surface area contributed by atoms with Crippen molar-refractivity contribution < 1.29 is 5.11 Å². The lowest BCUT2D eigenvalue weighted by molar-refractivity contribution is 0.223. The van der Waals surface area contributed by atoms with Gasteiger partial charge in [-0.1, -0.05) is 28.1 Å². The number of hydrogen-bond acceptors (Lipinski definition) is 2. The van der Waals surface area contributed by atoms with Gasteiger partial charge in [-0.25, -0.2) is 0 Å². The normalized spacial score (nSPS) is 12.8. The van der Waals surface area contributed by atoms with E-state index in [-0.39, 0.29) is 12.5 Å². The molecule has 14 heavy (non-hydrogen) atoms. The first-order valence-corrected chi connectivity index (χ1v) is 5.61. The molecule has 1 rings (SSSR count). The Kier molecular flexibility index (Phi) is 5.15. The van der Waals surface area contributed by atoms with Crippen molar-refractivity contribution in [2.45, 2.75) is 12.8 Å². The largest absolute Gasteiger partial charge is 0.396 e. The van der Waals surface area contributed by atoms with Crippen LogP contribution in [-0.4, -0.2) is 18.3 Å². The average molecular weight is 258 g/mol. The number of hydrogen-bond donors (Lipinski definition) is 2. The molecule has 0 aliphatic rings. The lowest BCUT2D eigenvalue weighted by Gasteiger charge is -2.10. The molecule has 0 bridgehead atoms. The first-order chi connectivity index (χ1) is 6.76. The van der Waals surface area contributed by atoms with Gasteiger partial charge < -0.3 is 10.8 Å². The highest BCUT2D eigenvalue weighted by Crippen LogP contribution is 2.14. The molecule has 0 saturated carbocycles. The second-order valence-corrected chi connectivity index (χ2v) is 4.37. The van der Waals surface area contributed by atoms with Crippen molar-refractivity contribution in [1.82, 2.24) is 0 Å². The zero-order valence-corrected chi connectivity index (χ0v) is 9.70. The van der Waals surface area contributed by atoms with Crippen molar-refractivity contribution in [3.05, 3.63) is 34.3 Å². The highest BCUT2D eigenvalue weighted by Gasteiger charge is 2.04.